The zero-order valence-corrected chi connectivity index (χ0v) is 13.8. The number of hydrogen-bond donors (Lipinski definition) is 0. The van der Waals surface area contributed by atoms with E-state index in [1.54, 1.807) is 12.1 Å². The second-order valence-electron chi connectivity index (χ2n) is 3.56. The summed E-state index contributed by atoms with van der Waals surface area (Å²) in [5, 5.41) is 1.86. The highest BCUT2D eigenvalue weighted by Crippen LogP contribution is 2.35. The van der Waals surface area contributed by atoms with Crippen LogP contribution in [0.1, 0.15) is 5.56 Å². The third kappa shape index (κ3) is 3.41. The first-order valence-corrected chi connectivity index (χ1v) is 7.74. The standard InChI is InChI=1S/C13H8Br2Cl2O/c14-7-8-1-3-10(16)6-13(8)18-12-4-2-9(15)5-11(12)17/h1-6H,7H2. The molecule has 0 aliphatic carbocycles. The summed E-state index contributed by atoms with van der Waals surface area (Å²) in [6, 6.07) is 11.0. The molecule has 0 aromatic heterocycles. The molecule has 0 atom stereocenters. The molecule has 1 nitrogen and oxygen atoms in total. The van der Waals surface area contributed by atoms with E-state index in [-0.39, 0.29) is 0 Å². The van der Waals surface area contributed by atoms with Gasteiger partial charge >= 0.3 is 0 Å². The first-order valence-electron chi connectivity index (χ1n) is 5.07. The normalized spacial score (nSPS) is 10.4. The Labute approximate surface area is 132 Å². The summed E-state index contributed by atoms with van der Waals surface area (Å²) in [6.45, 7) is 0. The molecule has 0 saturated heterocycles. The summed E-state index contributed by atoms with van der Waals surface area (Å²) in [6.07, 6.45) is 0. The van der Waals surface area contributed by atoms with Gasteiger partial charge in [0.2, 0.25) is 0 Å². The average molecular weight is 411 g/mol. The van der Waals surface area contributed by atoms with Crippen LogP contribution in [0.15, 0.2) is 40.9 Å². The van der Waals surface area contributed by atoms with Crippen LogP contribution in [-0.4, -0.2) is 0 Å². The number of rotatable bonds is 3. The molecule has 0 saturated carbocycles. The number of alkyl halides is 1. The van der Waals surface area contributed by atoms with E-state index in [0.717, 1.165) is 10.0 Å². The molecule has 0 bridgehead atoms. The van der Waals surface area contributed by atoms with Crippen molar-refractivity contribution in [2.24, 2.45) is 0 Å². The molecule has 2 rings (SSSR count). The van der Waals surface area contributed by atoms with Gasteiger partial charge in [0, 0.05) is 20.4 Å². The molecule has 0 unspecified atom stereocenters. The number of halogens is 4. The van der Waals surface area contributed by atoms with E-state index < -0.39 is 0 Å². The molecule has 0 radical (unpaired) electrons. The van der Waals surface area contributed by atoms with Gasteiger partial charge in [0.05, 0.1) is 5.02 Å². The van der Waals surface area contributed by atoms with E-state index >= 15 is 0 Å². The van der Waals surface area contributed by atoms with Crippen LogP contribution in [0.3, 0.4) is 0 Å². The zero-order chi connectivity index (χ0) is 13.1. The topological polar surface area (TPSA) is 9.23 Å². The Bertz CT molecular complexity index is 573. The second kappa shape index (κ2) is 6.29. The van der Waals surface area contributed by atoms with Crippen LogP contribution in [0, 0.1) is 0 Å². The lowest BCUT2D eigenvalue weighted by Gasteiger charge is -2.11. The van der Waals surface area contributed by atoms with Crippen molar-refractivity contribution in [3.8, 4) is 11.5 Å². The summed E-state index contributed by atoms with van der Waals surface area (Å²) in [4.78, 5) is 0. The van der Waals surface area contributed by atoms with Crippen LogP contribution in [0.25, 0.3) is 0 Å². The first-order chi connectivity index (χ1) is 8.60. The maximum Gasteiger partial charge on any atom is 0.146 e. The molecule has 0 amide bonds. The maximum absolute atomic E-state index is 6.12. The Kier molecular flexibility index (Phi) is 4.96. The van der Waals surface area contributed by atoms with Crippen LogP contribution in [0.5, 0.6) is 11.5 Å². The molecule has 18 heavy (non-hydrogen) atoms. The van der Waals surface area contributed by atoms with Crippen molar-refractivity contribution in [1.29, 1.82) is 0 Å². The highest BCUT2D eigenvalue weighted by molar-refractivity contribution is 9.10. The van der Waals surface area contributed by atoms with Gasteiger partial charge < -0.3 is 4.74 Å². The summed E-state index contributed by atoms with van der Waals surface area (Å²) in [5.41, 5.74) is 1.01. The molecule has 0 heterocycles. The van der Waals surface area contributed by atoms with Gasteiger partial charge in [-0.05, 0) is 30.3 Å². The van der Waals surface area contributed by atoms with Gasteiger partial charge in [0.15, 0.2) is 0 Å². The van der Waals surface area contributed by atoms with Crippen molar-refractivity contribution in [2.45, 2.75) is 5.33 Å². The molecule has 0 fully saturated rings. The molecule has 0 N–H and O–H groups in total. The minimum atomic E-state index is 0.546. The van der Waals surface area contributed by atoms with Crippen LogP contribution in [0.4, 0.5) is 0 Å². The van der Waals surface area contributed by atoms with Gasteiger partial charge in [-0.25, -0.2) is 0 Å². The maximum atomic E-state index is 6.12. The molecular formula is C13H8Br2Cl2O. The van der Waals surface area contributed by atoms with Crippen molar-refractivity contribution < 1.29 is 4.74 Å². The Hall–Kier alpha value is -0.220. The highest BCUT2D eigenvalue weighted by Gasteiger charge is 2.08. The molecule has 5 heteroatoms. The third-order valence-corrected chi connectivity index (χ3v) is 3.91. The Morgan fingerprint density at radius 1 is 1.00 bits per heavy atom. The minimum Gasteiger partial charge on any atom is -0.455 e. The molecule has 0 spiro atoms. The SMILES string of the molecule is Clc1ccc(CBr)c(Oc2ccc(Br)cc2Cl)c1. The van der Waals surface area contributed by atoms with Gasteiger partial charge in [0.1, 0.15) is 11.5 Å². The Balaban J connectivity index is 2.36. The van der Waals surface area contributed by atoms with Crippen molar-refractivity contribution in [1.82, 2.24) is 0 Å². The number of hydrogen-bond acceptors (Lipinski definition) is 1. The van der Waals surface area contributed by atoms with Crippen LogP contribution < -0.4 is 4.74 Å². The van der Waals surface area contributed by atoms with Crippen molar-refractivity contribution >= 4 is 55.1 Å². The van der Waals surface area contributed by atoms with Gasteiger partial charge in [-0.3, -0.25) is 0 Å². The highest BCUT2D eigenvalue weighted by atomic mass is 79.9. The minimum absolute atomic E-state index is 0.546. The van der Waals surface area contributed by atoms with E-state index in [2.05, 4.69) is 31.9 Å². The molecule has 94 valence electrons. The van der Waals surface area contributed by atoms with Gasteiger partial charge in [-0.15, -0.1) is 0 Å². The largest absolute Gasteiger partial charge is 0.455 e. The lowest BCUT2D eigenvalue weighted by Crippen LogP contribution is -1.90. The lowest BCUT2D eigenvalue weighted by atomic mass is 10.2. The van der Waals surface area contributed by atoms with Gasteiger partial charge in [0.25, 0.3) is 0 Å². The molecule has 0 aliphatic heterocycles. The van der Waals surface area contributed by atoms with E-state index in [1.807, 2.05) is 24.3 Å². The smallest absolute Gasteiger partial charge is 0.146 e. The fourth-order valence-corrected chi connectivity index (χ4v) is 2.75. The Morgan fingerprint density at radius 3 is 2.44 bits per heavy atom. The fraction of sp³-hybridized carbons (Fsp3) is 0.0769. The van der Waals surface area contributed by atoms with Crippen molar-refractivity contribution in [3.63, 3.8) is 0 Å². The van der Waals surface area contributed by atoms with Crippen LogP contribution in [-0.2, 0) is 5.33 Å². The number of benzene rings is 2. The zero-order valence-electron chi connectivity index (χ0n) is 9.09. The first kappa shape index (κ1) is 14.2. The predicted molar refractivity (Wildman–Crippen MR) is 83.3 cm³/mol. The second-order valence-corrected chi connectivity index (χ2v) is 5.88. The van der Waals surface area contributed by atoms with E-state index in [9.17, 15) is 0 Å². The quantitative estimate of drug-likeness (QED) is 0.529. The van der Waals surface area contributed by atoms with Crippen molar-refractivity contribution in [3.05, 3.63) is 56.5 Å². The fourth-order valence-electron chi connectivity index (χ4n) is 1.41. The van der Waals surface area contributed by atoms with E-state index in [4.69, 9.17) is 27.9 Å². The van der Waals surface area contributed by atoms with Gasteiger partial charge in [-0.2, -0.15) is 0 Å². The Morgan fingerprint density at radius 2 is 1.78 bits per heavy atom. The van der Waals surface area contributed by atoms with Crippen LogP contribution in [0.2, 0.25) is 10.0 Å². The molecule has 0 aliphatic rings. The predicted octanol–water partition coefficient (Wildman–Crippen LogP) is 6.44. The van der Waals surface area contributed by atoms with Gasteiger partial charge in [-0.1, -0.05) is 61.1 Å². The van der Waals surface area contributed by atoms with E-state index in [0.29, 0.717) is 26.9 Å². The molecule has 2 aromatic carbocycles. The monoisotopic (exact) mass is 408 g/mol. The molecular weight excluding hydrogens is 403 g/mol. The van der Waals surface area contributed by atoms with Crippen molar-refractivity contribution in [2.75, 3.05) is 0 Å². The number of ether oxygens (including phenoxy) is 1. The third-order valence-electron chi connectivity index (χ3n) is 2.29. The summed E-state index contributed by atoms with van der Waals surface area (Å²) >= 11 is 18.8. The van der Waals surface area contributed by atoms with E-state index in [1.165, 1.54) is 0 Å². The summed E-state index contributed by atoms with van der Waals surface area (Å²) < 4.78 is 6.71. The summed E-state index contributed by atoms with van der Waals surface area (Å²) in [5.74, 6) is 1.30. The van der Waals surface area contributed by atoms with Crippen LogP contribution >= 0.6 is 55.1 Å². The summed E-state index contributed by atoms with van der Waals surface area (Å²) in [7, 11) is 0. The molecule has 2 aromatic rings. The average Bonchev–Trinajstić information content (AvgIpc) is 2.33. The lowest BCUT2D eigenvalue weighted by molar-refractivity contribution is 0.479.